The summed E-state index contributed by atoms with van der Waals surface area (Å²) in [5, 5.41) is 0. The van der Waals surface area contributed by atoms with E-state index in [1.165, 1.54) is 6.07 Å². The number of alkyl halides is 3. The third-order valence-corrected chi connectivity index (χ3v) is 6.08. The van der Waals surface area contributed by atoms with Crippen molar-refractivity contribution in [1.82, 2.24) is 14.8 Å². The molecule has 0 saturated carbocycles. The molecular formula is C19H25F3N4O2. The number of rotatable bonds is 3. The number of aromatic nitrogens is 1. The predicted molar refractivity (Wildman–Crippen MR) is 97.0 cm³/mol. The summed E-state index contributed by atoms with van der Waals surface area (Å²) in [5.41, 5.74) is -0.715. The quantitative estimate of drug-likeness (QED) is 0.726. The highest BCUT2D eigenvalue weighted by molar-refractivity contribution is 5.77. The first-order valence-corrected chi connectivity index (χ1v) is 9.85. The van der Waals surface area contributed by atoms with Crippen LogP contribution < -0.4 is 4.90 Å². The predicted octanol–water partition coefficient (Wildman–Crippen LogP) is 2.00. The summed E-state index contributed by atoms with van der Waals surface area (Å²) >= 11 is 0. The van der Waals surface area contributed by atoms with Gasteiger partial charge in [0, 0.05) is 57.9 Å². The SMILES string of the molecule is O=C1OCC[C@H]1N1CCC(N2CCN(c3ccc(C(F)(F)F)cn3)CC2)CC1. The Kier molecular flexibility index (Phi) is 5.46. The number of ether oxygens (including phenoxy) is 1. The topological polar surface area (TPSA) is 48.9 Å². The van der Waals surface area contributed by atoms with Gasteiger partial charge in [0.25, 0.3) is 0 Å². The Hall–Kier alpha value is -1.87. The number of halogens is 3. The number of hydrogen-bond acceptors (Lipinski definition) is 6. The fraction of sp³-hybridized carbons (Fsp3) is 0.684. The Bertz CT molecular complexity index is 681. The molecule has 1 aromatic rings. The molecule has 6 nitrogen and oxygen atoms in total. The highest BCUT2D eigenvalue weighted by Crippen LogP contribution is 2.30. The van der Waals surface area contributed by atoms with E-state index in [4.69, 9.17) is 4.74 Å². The monoisotopic (exact) mass is 398 g/mol. The molecule has 4 rings (SSSR count). The van der Waals surface area contributed by atoms with Crippen LogP contribution in [-0.4, -0.2) is 78.7 Å². The highest BCUT2D eigenvalue weighted by atomic mass is 19.4. The van der Waals surface area contributed by atoms with Gasteiger partial charge in [-0.25, -0.2) is 4.98 Å². The Morgan fingerprint density at radius 3 is 2.21 bits per heavy atom. The number of hydrogen-bond donors (Lipinski definition) is 0. The summed E-state index contributed by atoms with van der Waals surface area (Å²) < 4.78 is 43.1. The van der Waals surface area contributed by atoms with Gasteiger partial charge in [0.1, 0.15) is 11.9 Å². The largest absolute Gasteiger partial charge is 0.464 e. The lowest BCUT2D eigenvalue weighted by Gasteiger charge is -2.43. The van der Waals surface area contributed by atoms with Crippen LogP contribution in [0.4, 0.5) is 19.0 Å². The van der Waals surface area contributed by atoms with E-state index in [0.29, 0.717) is 18.5 Å². The number of likely N-dealkylation sites (tertiary alicyclic amines) is 1. The molecular weight excluding hydrogens is 373 g/mol. The van der Waals surface area contributed by atoms with Crippen molar-refractivity contribution in [1.29, 1.82) is 0 Å². The maximum atomic E-state index is 12.7. The van der Waals surface area contributed by atoms with E-state index < -0.39 is 11.7 Å². The molecule has 3 aliphatic heterocycles. The fourth-order valence-electron chi connectivity index (χ4n) is 4.44. The van der Waals surface area contributed by atoms with Gasteiger partial charge in [0.2, 0.25) is 0 Å². The zero-order valence-corrected chi connectivity index (χ0v) is 15.7. The summed E-state index contributed by atoms with van der Waals surface area (Å²) in [6.45, 7) is 5.61. The molecule has 0 unspecified atom stereocenters. The average Bonchev–Trinajstić information content (AvgIpc) is 3.14. The second kappa shape index (κ2) is 7.87. The lowest BCUT2D eigenvalue weighted by atomic mass is 10.00. The number of carbonyl (C=O) groups excluding carboxylic acids is 1. The van der Waals surface area contributed by atoms with Crippen LogP contribution in [0.25, 0.3) is 0 Å². The van der Waals surface area contributed by atoms with E-state index in [9.17, 15) is 18.0 Å². The fourth-order valence-corrected chi connectivity index (χ4v) is 4.44. The van der Waals surface area contributed by atoms with Crippen LogP contribution >= 0.6 is 0 Å². The number of nitrogens with zero attached hydrogens (tertiary/aromatic N) is 4. The van der Waals surface area contributed by atoms with Gasteiger partial charge in [0.15, 0.2) is 0 Å². The van der Waals surface area contributed by atoms with Gasteiger partial charge in [-0.3, -0.25) is 14.6 Å². The van der Waals surface area contributed by atoms with Gasteiger partial charge in [-0.05, 0) is 25.0 Å². The van der Waals surface area contributed by atoms with Crippen molar-refractivity contribution in [3.8, 4) is 0 Å². The first-order valence-electron chi connectivity index (χ1n) is 9.85. The molecule has 1 aromatic heterocycles. The van der Waals surface area contributed by atoms with Crippen LogP contribution in [0.5, 0.6) is 0 Å². The normalized spacial score (nSPS) is 25.9. The van der Waals surface area contributed by atoms with Gasteiger partial charge in [-0.15, -0.1) is 0 Å². The lowest BCUT2D eigenvalue weighted by molar-refractivity contribution is -0.143. The summed E-state index contributed by atoms with van der Waals surface area (Å²) in [4.78, 5) is 22.5. The maximum absolute atomic E-state index is 12.7. The number of esters is 1. The molecule has 4 heterocycles. The molecule has 0 aromatic carbocycles. The minimum Gasteiger partial charge on any atom is -0.464 e. The third kappa shape index (κ3) is 4.10. The third-order valence-electron chi connectivity index (χ3n) is 6.08. The Morgan fingerprint density at radius 1 is 0.964 bits per heavy atom. The van der Waals surface area contributed by atoms with E-state index in [1.807, 2.05) is 4.90 Å². The van der Waals surface area contributed by atoms with E-state index in [0.717, 1.165) is 70.8 Å². The number of piperidine rings is 1. The van der Waals surface area contributed by atoms with Crippen molar-refractivity contribution in [2.24, 2.45) is 0 Å². The van der Waals surface area contributed by atoms with Crippen LogP contribution in [0.1, 0.15) is 24.8 Å². The van der Waals surface area contributed by atoms with Crippen molar-refractivity contribution in [3.63, 3.8) is 0 Å². The van der Waals surface area contributed by atoms with Crippen molar-refractivity contribution in [3.05, 3.63) is 23.9 Å². The second-order valence-corrected chi connectivity index (χ2v) is 7.66. The average molecular weight is 398 g/mol. The summed E-state index contributed by atoms with van der Waals surface area (Å²) in [6, 6.07) is 2.98. The first kappa shape index (κ1) is 19.4. The van der Waals surface area contributed by atoms with Crippen LogP contribution in [0, 0.1) is 0 Å². The smallest absolute Gasteiger partial charge is 0.417 e. The number of piperazine rings is 1. The number of carbonyl (C=O) groups is 1. The molecule has 1 atom stereocenters. The van der Waals surface area contributed by atoms with Gasteiger partial charge < -0.3 is 9.64 Å². The Balaban J connectivity index is 1.26. The molecule has 0 N–H and O–H groups in total. The molecule has 0 aliphatic carbocycles. The van der Waals surface area contributed by atoms with E-state index in [2.05, 4.69) is 14.8 Å². The number of anilines is 1. The van der Waals surface area contributed by atoms with Crippen LogP contribution in [0.2, 0.25) is 0 Å². The Labute approximate surface area is 162 Å². The van der Waals surface area contributed by atoms with Crippen molar-refractivity contribution < 1.29 is 22.7 Å². The van der Waals surface area contributed by atoms with Gasteiger partial charge in [-0.2, -0.15) is 13.2 Å². The summed E-state index contributed by atoms with van der Waals surface area (Å²) in [7, 11) is 0. The van der Waals surface area contributed by atoms with Gasteiger partial charge >= 0.3 is 12.1 Å². The molecule has 154 valence electrons. The summed E-state index contributed by atoms with van der Waals surface area (Å²) in [5.74, 6) is 0.512. The molecule has 3 aliphatic rings. The zero-order valence-electron chi connectivity index (χ0n) is 15.7. The number of cyclic esters (lactones) is 1. The maximum Gasteiger partial charge on any atom is 0.417 e. The molecule has 0 radical (unpaired) electrons. The highest BCUT2D eigenvalue weighted by Gasteiger charge is 2.36. The van der Waals surface area contributed by atoms with E-state index >= 15 is 0 Å². The molecule has 28 heavy (non-hydrogen) atoms. The Morgan fingerprint density at radius 2 is 1.68 bits per heavy atom. The molecule has 0 spiro atoms. The van der Waals surface area contributed by atoms with Crippen LogP contribution in [-0.2, 0) is 15.7 Å². The standard InChI is InChI=1S/C19H25F3N4O2/c20-19(21,22)14-1-2-17(23-13-14)26-10-8-24(9-11-26)15-3-6-25(7-4-15)16-5-12-28-18(16)27/h1-2,13,15-16H,3-12H2/t16-/m1/s1. The lowest BCUT2D eigenvalue weighted by Crippen LogP contribution is -2.54. The number of pyridine rings is 1. The molecule has 0 amide bonds. The van der Waals surface area contributed by atoms with Crippen molar-refractivity contribution in [2.45, 2.75) is 37.5 Å². The van der Waals surface area contributed by atoms with Crippen molar-refractivity contribution >= 4 is 11.8 Å². The minimum atomic E-state index is -4.35. The molecule has 3 fully saturated rings. The van der Waals surface area contributed by atoms with E-state index in [1.54, 1.807) is 0 Å². The van der Waals surface area contributed by atoms with Gasteiger partial charge in [0.05, 0.1) is 12.2 Å². The minimum absolute atomic E-state index is 0.0662. The second-order valence-electron chi connectivity index (χ2n) is 7.66. The first-order chi connectivity index (χ1) is 13.4. The summed E-state index contributed by atoms with van der Waals surface area (Å²) in [6.07, 6.45) is -0.591. The molecule has 3 saturated heterocycles. The van der Waals surface area contributed by atoms with Crippen molar-refractivity contribution in [2.75, 3.05) is 50.8 Å². The molecule has 9 heteroatoms. The zero-order chi connectivity index (χ0) is 19.7. The van der Waals surface area contributed by atoms with Crippen LogP contribution in [0.15, 0.2) is 18.3 Å². The van der Waals surface area contributed by atoms with E-state index in [-0.39, 0.29) is 12.0 Å². The molecule has 0 bridgehead atoms. The van der Waals surface area contributed by atoms with Gasteiger partial charge in [-0.1, -0.05) is 0 Å². The van der Waals surface area contributed by atoms with Crippen LogP contribution in [0.3, 0.4) is 0 Å².